The summed E-state index contributed by atoms with van der Waals surface area (Å²) in [6, 6.07) is 9.03. The Morgan fingerprint density at radius 3 is 2.83 bits per heavy atom. The second-order valence-corrected chi connectivity index (χ2v) is 3.81. The molecule has 0 radical (unpaired) electrons. The van der Waals surface area contributed by atoms with Crippen molar-refractivity contribution in [1.82, 2.24) is 15.0 Å². The highest BCUT2D eigenvalue weighted by Gasteiger charge is 2.09. The quantitative estimate of drug-likeness (QED) is 0.719. The van der Waals surface area contributed by atoms with Crippen molar-refractivity contribution in [3.8, 4) is 0 Å². The molecule has 0 saturated carbocycles. The minimum Gasteiger partial charge on any atom is -0.343 e. The third kappa shape index (κ3) is 1.82. The van der Waals surface area contributed by atoms with Gasteiger partial charge in [0.2, 0.25) is 0 Å². The average Bonchev–Trinajstić information content (AvgIpc) is 2.89. The van der Waals surface area contributed by atoms with Crippen LogP contribution >= 0.6 is 0 Å². The zero-order valence-electron chi connectivity index (χ0n) is 9.42. The van der Waals surface area contributed by atoms with Crippen LogP contribution in [0.1, 0.15) is 10.4 Å². The van der Waals surface area contributed by atoms with Crippen LogP contribution in [-0.2, 0) is 0 Å². The van der Waals surface area contributed by atoms with Crippen LogP contribution < -0.4 is 5.32 Å². The monoisotopic (exact) mass is 238 g/mol. The predicted octanol–water partition coefficient (Wildman–Crippen LogP) is 2.21. The molecule has 0 atom stereocenters. The average molecular weight is 238 g/mol. The number of fused-ring (bicyclic) bond motifs is 1. The minimum absolute atomic E-state index is 0.173. The highest BCUT2D eigenvalue weighted by atomic mass is 16.1. The molecule has 2 N–H and O–H groups in total. The number of benzene rings is 1. The molecule has 1 aromatic carbocycles. The molecule has 0 bridgehead atoms. The van der Waals surface area contributed by atoms with Crippen LogP contribution in [0.25, 0.3) is 11.0 Å². The van der Waals surface area contributed by atoms with Crippen molar-refractivity contribution < 1.29 is 4.79 Å². The van der Waals surface area contributed by atoms with E-state index in [-0.39, 0.29) is 5.91 Å². The maximum Gasteiger partial charge on any atom is 0.255 e. The molecular weight excluding hydrogens is 228 g/mol. The molecule has 88 valence electrons. The van der Waals surface area contributed by atoms with Gasteiger partial charge in [0, 0.05) is 5.56 Å². The summed E-state index contributed by atoms with van der Waals surface area (Å²) in [6.45, 7) is 0. The molecule has 5 nitrogen and oxygen atoms in total. The van der Waals surface area contributed by atoms with Gasteiger partial charge in [-0.25, -0.2) is 4.98 Å². The first-order valence-electron chi connectivity index (χ1n) is 5.48. The lowest BCUT2D eigenvalue weighted by atomic mass is 10.2. The van der Waals surface area contributed by atoms with Crippen molar-refractivity contribution in [2.24, 2.45) is 0 Å². The zero-order valence-corrected chi connectivity index (χ0v) is 9.42. The van der Waals surface area contributed by atoms with Crippen molar-refractivity contribution in [3.63, 3.8) is 0 Å². The second-order valence-electron chi connectivity index (χ2n) is 3.81. The van der Waals surface area contributed by atoms with Gasteiger partial charge in [-0.05, 0) is 12.1 Å². The van der Waals surface area contributed by atoms with E-state index in [1.54, 1.807) is 30.9 Å². The Balaban J connectivity index is 1.93. The number of aromatic amines is 1. The maximum atomic E-state index is 12.0. The van der Waals surface area contributed by atoms with Gasteiger partial charge in [0.15, 0.2) is 0 Å². The molecule has 0 aliphatic rings. The summed E-state index contributed by atoms with van der Waals surface area (Å²) in [7, 11) is 0. The number of hydrogen-bond donors (Lipinski definition) is 2. The summed E-state index contributed by atoms with van der Waals surface area (Å²) in [5, 5.41) is 2.80. The Bertz CT molecular complexity index is 690. The van der Waals surface area contributed by atoms with Crippen molar-refractivity contribution in [2.75, 3.05) is 5.32 Å². The van der Waals surface area contributed by atoms with E-state index in [0.717, 1.165) is 5.52 Å². The molecule has 0 spiro atoms. The van der Waals surface area contributed by atoms with Crippen LogP contribution in [-0.4, -0.2) is 20.9 Å². The molecule has 18 heavy (non-hydrogen) atoms. The summed E-state index contributed by atoms with van der Waals surface area (Å²) in [5.41, 5.74) is 2.70. The number of carbonyl (C=O) groups excluding carboxylic acids is 1. The topological polar surface area (TPSA) is 70.7 Å². The molecule has 0 fully saturated rings. The van der Waals surface area contributed by atoms with Gasteiger partial charge in [0.1, 0.15) is 5.52 Å². The lowest BCUT2D eigenvalue weighted by Crippen LogP contribution is -2.12. The second kappa shape index (κ2) is 4.29. The van der Waals surface area contributed by atoms with Crippen LogP contribution in [0.4, 0.5) is 5.69 Å². The number of aromatic nitrogens is 3. The Morgan fingerprint density at radius 2 is 2.00 bits per heavy atom. The highest BCUT2D eigenvalue weighted by Crippen LogP contribution is 2.18. The first-order valence-corrected chi connectivity index (χ1v) is 5.48. The third-order valence-corrected chi connectivity index (χ3v) is 2.62. The fourth-order valence-corrected chi connectivity index (χ4v) is 1.74. The summed E-state index contributed by atoms with van der Waals surface area (Å²) in [4.78, 5) is 23.2. The molecule has 0 aliphatic carbocycles. The molecule has 0 saturated heterocycles. The van der Waals surface area contributed by atoms with E-state index in [2.05, 4.69) is 20.3 Å². The summed E-state index contributed by atoms with van der Waals surface area (Å²) in [5.74, 6) is -0.173. The van der Waals surface area contributed by atoms with Gasteiger partial charge in [0.05, 0.1) is 29.9 Å². The van der Waals surface area contributed by atoms with Crippen LogP contribution in [0, 0.1) is 0 Å². The van der Waals surface area contributed by atoms with Gasteiger partial charge in [-0.2, -0.15) is 0 Å². The van der Waals surface area contributed by atoms with E-state index in [1.165, 1.54) is 0 Å². The van der Waals surface area contributed by atoms with Crippen LogP contribution in [0.15, 0.2) is 49.1 Å². The zero-order chi connectivity index (χ0) is 12.4. The first-order chi connectivity index (χ1) is 8.84. The largest absolute Gasteiger partial charge is 0.343 e. The normalized spacial score (nSPS) is 10.4. The van der Waals surface area contributed by atoms with Gasteiger partial charge in [0.25, 0.3) is 5.91 Å². The number of nitrogens with one attached hydrogen (secondary N) is 2. The standard InChI is InChI=1S/C13H10N4O/c18-13(9-4-2-1-3-5-9)17-11-7-14-6-10-12(11)16-8-15-10/h1-8H,(H,15,16)(H,17,18). The molecule has 3 rings (SSSR count). The molecule has 2 heterocycles. The van der Waals surface area contributed by atoms with Crippen LogP contribution in [0.3, 0.4) is 0 Å². The van der Waals surface area contributed by atoms with Gasteiger partial charge in [-0.3, -0.25) is 9.78 Å². The number of pyridine rings is 1. The lowest BCUT2D eigenvalue weighted by Gasteiger charge is -2.05. The van der Waals surface area contributed by atoms with Crippen molar-refractivity contribution in [2.45, 2.75) is 0 Å². The predicted molar refractivity (Wildman–Crippen MR) is 68.3 cm³/mol. The molecular formula is C13H10N4O. The number of hydrogen-bond acceptors (Lipinski definition) is 3. The van der Waals surface area contributed by atoms with E-state index in [1.807, 2.05) is 18.2 Å². The summed E-state index contributed by atoms with van der Waals surface area (Å²) >= 11 is 0. The van der Waals surface area contributed by atoms with E-state index in [0.29, 0.717) is 16.8 Å². The van der Waals surface area contributed by atoms with E-state index >= 15 is 0 Å². The van der Waals surface area contributed by atoms with Gasteiger partial charge in [-0.15, -0.1) is 0 Å². The smallest absolute Gasteiger partial charge is 0.255 e. The number of rotatable bonds is 2. The number of anilines is 1. The minimum atomic E-state index is -0.173. The lowest BCUT2D eigenvalue weighted by molar-refractivity contribution is 0.102. The van der Waals surface area contributed by atoms with Crippen LogP contribution in [0.2, 0.25) is 0 Å². The van der Waals surface area contributed by atoms with Crippen LogP contribution in [0.5, 0.6) is 0 Å². The molecule has 1 amide bonds. The third-order valence-electron chi connectivity index (χ3n) is 2.62. The molecule has 2 aromatic heterocycles. The maximum absolute atomic E-state index is 12.0. The fraction of sp³-hybridized carbons (Fsp3) is 0. The van der Waals surface area contributed by atoms with Gasteiger partial charge >= 0.3 is 0 Å². The van der Waals surface area contributed by atoms with Crippen molar-refractivity contribution in [3.05, 3.63) is 54.6 Å². The fourth-order valence-electron chi connectivity index (χ4n) is 1.74. The Kier molecular flexibility index (Phi) is 2.49. The number of imidazole rings is 1. The Morgan fingerprint density at radius 1 is 1.17 bits per heavy atom. The number of H-pyrrole nitrogens is 1. The highest BCUT2D eigenvalue weighted by molar-refractivity contribution is 6.07. The first kappa shape index (κ1) is 10.5. The Hall–Kier alpha value is -2.69. The number of amides is 1. The van der Waals surface area contributed by atoms with Gasteiger partial charge < -0.3 is 10.3 Å². The van der Waals surface area contributed by atoms with E-state index in [4.69, 9.17) is 0 Å². The number of nitrogens with zero attached hydrogens (tertiary/aromatic N) is 2. The van der Waals surface area contributed by atoms with Gasteiger partial charge in [-0.1, -0.05) is 18.2 Å². The van der Waals surface area contributed by atoms with Crippen molar-refractivity contribution >= 4 is 22.6 Å². The molecule has 3 aromatic rings. The van der Waals surface area contributed by atoms with E-state index in [9.17, 15) is 4.79 Å². The molecule has 5 heteroatoms. The molecule has 0 unspecified atom stereocenters. The summed E-state index contributed by atoms with van der Waals surface area (Å²) < 4.78 is 0. The van der Waals surface area contributed by atoms with Crippen molar-refractivity contribution in [1.29, 1.82) is 0 Å². The summed E-state index contributed by atoms with van der Waals surface area (Å²) in [6.07, 6.45) is 4.83. The number of carbonyl (C=O) groups is 1. The Labute approximate surface area is 103 Å². The van der Waals surface area contributed by atoms with E-state index < -0.39 is 0 Å². The molecule has 0 aliphatic heterocycles. The SMILES string of the molecule is O=C(Nc1cncc2[nH]cnc12)c1ccccc1.